The van der Waals surface area contributed by atoms with Gasteiger partial charge in [0.25, 0.3) is 0 Å². The van der Waals surface area contributed by atoms with Crippen molar-refractivity contribution >= 4 is 38.2 Å². The molecule has 9 heteroatoms. The van der Waals surface area contributed by atoms with E-state index in [1.54, 1.807) is 0 Å². The van der Waals surface area contributed by atoms with E-state index in [1.165, 1.54) is 11.3 Å². The van der Waals surface area contributed by atoms with Gasteiger partial charge in [0.2, 0.25) is 5.91 Å². The molecule has 4 aromatic rings. The van der Waals surface area contributed by atoms with Crippen molar-refractivity contribution in [3.05, 3.63) is 48.4 Å². The molecule has 0 spiro atoms. The van der Waals surface area contributed by atoms with Gasteiger partial charge in [-0.05, 0) is 63.2 Å². The van der Waals surface area contributed by atoms with Crippen molar-refractivity contribution < 1.29 is 9.53 Å². The van der Waals surface area contributed by atoms with Gasteiger partial charge >= 0.3 is 0 Å². The number of rotatable bonds is 6. The van der Waals surface area contributed by atoms with Crippen LogP contribution in [0.5, 0.6) is 5.75 Å². The molecule has 3 aromatic heterocycles. The Hall–Kier alpha value is -3.04. The second kappa shape index (κ2) is 8.60. The van der Waals surface area contributed by atoms with Crippen LogP contribution in [0.3, 0.4) is 0 Å². The van der Waals surface area contributed by atoms with Crippen molar-refractivity contribution in [1.29, 1.82) is 0 Å². The van der Waals surface area contributed by atoms with Crippen molar-refractivity contribution in [1.82, 2.24) is 24.5 Å². The average molecular weight is 437 g/mol. The number of anilines is 1. The molecule has 0 radical (unpaired) electrons. The number of nitrogens with one attached hydrogen (secondary N) is 1. The monoisotopic (exact) mass is 436 g/mol. The molecule has 160 valence electrons. The maximum absolute atomic E-state index is 12.6. The molecule has 0 unspecified atom stereocenters. The lowest BCUT2D eigenvalue weighted by Crippen LogP contribution is -2.39. The summed E-state index contributed by atoms with van der Waals surface area (Å²) in [6, 6.07) is 11.7. The number of thiazole rings is 1. The van der Waals surface area contributed by atoms with Gasteiger partial charge in [0.1, 0.15) is 11.6 Å². The number of likely N-dealkylation sites (tertiary alicyclic amines) is 1. The topological polar surface area (TPSA) is 84.6 Å². The smallest absolute Gasteiger partial charge is 0.240 e. The Kier molecular flexibility index (Phi) is 5.52. The number of fused-ring (bicyclic) bond motifs is 2. The number of pyridine rings is 1. The van der Waals surface area contributed by atoms with Crippen LogP contribution in [-0.2, 0) is 4.79 Å². The van der Waals surface area contributed by atoms with Gasteiger partial charge in [-0.1, -0.05) is 17.4 Å². The van der Waals surface area contributed by atoms with Crippen molar-refractivity contribution in [2.24, 2.45) is 0 Å². The molecule has 1 N–H and O–H groups in total. The molecule has 8 nitrogen and oxygen atoms in total. The number of aromatic nitrogens is 4. The first-order valence-corrected chi connectivity index (χ1v) is 11.4. The lowest BCUT2D eigenvalue weighted by atomic mass is 9.96. The third-order valence-corrected chi connectivity index (χ3v) is 6.51. The molecule has 5 rings (SSSR count). The van der Waals surface area contributed by atoms with Gasteiger partial charge in [0.05, 0.1) is 23.4 Å². The van der Waals surface area contributed by atoms with E-state index >= 15 is 0 Å². The molecule has 1 aromatic carbocycles. The van der Waals surface area contributed by atoms with E-state index in [2.05, 4.69) is 29.8 Å². The van der Waals surface area contributed by atoms with Gasteiger partial charge in [-0.25, -0.2) is 4.98 Å². The Balaban J connectivity index is 1.17. The Morgan fingerprint density at radius 1 is 1.23 bits per heavy atom. The summed E-state index contributed by atoms with van der Waals surface area (Å²) in [5.41, 5.74) is 1.74. The number of carbonyl (C=O) groups is 1. The Morgan fingerprint density at radius 3 is 2.94 bits per heavy atom. The minimum atomic E-state index is -0.0320. The SMILES string of the molecule is CCOc1ccc2nc(NC(=O)CN3CCC(c4nnc5ccccn45)CC3)sc2c1. The Morgan fingerprint density at radius 2 is 2.10 bits per heavy atom. The zero-order chi connectivity index (χ0) is 21.2. The normalized spacial score (nSPS) is 15.5. The second-order valence-electron chi connectivity index (χ2n) is 7.67. The molecule has 1 amide bonds. The molecule has 0 atom stereocenters. The minimum Gasteiger partial charge on any atom is -0.494 e. The van der Waals surface area contributed by atoms with Gasteiger partial charge in [-0.2, -0.15) is 0 Å². The minimum absolute atomic E-state index is 0.0320. The molecule has 0 aliphatic carbocycles. The number of piperidine rings is 1. The number of hydrogen-bond acceptors (Lipinski definition) is 7. The summed E-state index contributed by atoms with van der Waals surface area (Å²) >= 11 is 1.47. The van der Waals surface area contributed by atoms with Crippen molar-refractivity contribution in [3.8, 4) is 5.75 Å². The first kappa shape index (κ1) is 19.9. The fraction of sp³-hybridized carbons (Fsp3) is 0.364. The predicted octanol–water partition coefficient (Wildman–Crippen LogP) is 3.56. The second-order valence-corrected chi connectivity index (χ2v) is 8.70. The molecule has 0 bridgehead atoms. The molecule has 1 fully saturated rings. The first-order valence-electron chi connectivity index (χ1n) is 10.5. The summed E-state index contributed by atoms with van der Waals surface area (Å²) in [4.78, 5) is 19.3. The summed E-state index contributed by atoms with van der Waals surface area (Å²) in [6.07, 6.45) is 3.94. The maximum Gasteiger partial charge on any atom is 0.240 e. The largest absolute Gasteiger partial charge is 0.494 e. The molecular weight excluding hydrogens is 412 g/mol. The molecule has 31 heavy (non-hydrogen) atoms. The number of nitrogens with zero attached hydrogens (tertiary/aromatic N) is 5. The van der Waals surface area contributed by atoms with E-state index in [1.807, 2.05) is 49.5 Å². The Bertz CT molecular complexity index is 1210. The molecular formula is C22H24N6O2S. The van der Waals surface area contributed by atoms with E-state index in [4.69, 9.17) is 4.74 Å². The van der Waals surface area contributed by atoms with E-state index < -0.39 is 0 Å². The quantitative estimate of drug-likeness (QED) is 0.498. The molecule has 0 saturated carbocycles. The van der Waals surface area contributed by atoms with Crippen molar-refractivity contribution in [2.45, 2.75) is 25.7 Å². The van der Waals surface area contributed by atoms with Crippen LogP contribution in [-0.4, -0.2) is 56.6 Å². The van der Waals surface area contributed by atoms with Crippen LogP contribution in [0.1, 0.15) is 31.5 Å². The van der Waals surface area contributed by atoms with Crippen molar-refractivity contribution in [2.75, 3.05) is 31.6 Å². The first-order chi connectivity index (χ1) is 15.2. The summed E-state index contributed by atoms with van der Waals surface area (Å²) in [5.74, 6) is 2.16. The van der Waals surface area contributed by atoms with E-state index in [-0.39, 0.29) is 5.91 Å². The van der Waals surface area contributed by atoms with E-state index in [0.717, 1.165) is 53.4 Å². The van der Waals surface area contributed by atoms with E-state index in [9.17, 15) is 4.79 Å². The lowest BCUT2D eigenvalue weighted by molar-refractivity contribution is -0.117. The summed E-state index contributed by atoms with van der Waals surface area (Å²) < 4.78 is 8.61. The number of carbonyl (C=O) groups excluding carboxylic acids is 1. The number of amides is 1. The fourth-order valence-electron chi connectivity index (χ4n) is 4.06. The third-order valence-electron chi connectivity index (χ3n) is 5.58. The van der Waals surface area contributed by atoms with E-state index in [0.29, 0.717) is 24.2 Å². The van der Waals surface area contributed by atoms with Crippen LogP contribution in [0, 0.1) is 0 Å². The van der Waals surface area contributed by atoms with Gasteiger partial charge in [0, 0.05) is 12.1 Å². The molecule has 1 aliphatic heterocycles. The van der Waals surface area contributed by atoms with Crippen LogP contribution in [0.2, 0.25) is 0 Å². The lowest BCUT2D eigenvalue weighted by Gasteiger charge is -2.30. The summed E-state index contributed by atoms with van der Waals surface area (Å²) in [7, 11) is 0. The van der Waals surface area contributed by atoms with Gasteiger partial charge in [-0.15, -0.1) is 10.2 Å². The highest BCUT2D eigenvalue weighted by Gasteiger charge is 2.25. The summed E-state index contributed by atoms with van der Waals surface area (Å²) in [6.45, 7) is 4.67. The highest BCUT2D eigenvalue weighted by Crippen LogP contribution is 2.30. The van der Waals surface area contributed by atoms with Crippen LogP contribution in [0.15, 0.2) is 42.6 Å². The average Bonchev–Trinajstić information content (AvgIpc) is 3.38. The third kappa shape index (κ3) is 4.24. The summed E-state index contributed by atoms with van der Waals surface area (Å²) in [5, 5.41) is 12.2. The van der Waals surface area contributed by atoms with Crippen LogP contribution in [0.4, 0.5) is 5.13 Å². The van der Waals surface area contributed by atoms with Crippen LogP contribution < -0.4 is 10.1 Å². The predicted molar refractivity (Wildman–Crippen MR) is 121 cm³/mol. The molecule has 1 aliphatic rings. The van der Waals surface area contributed by atoms with Gasteiger partial charge in [0.15, 0.2) is 10.8 Å². The zero-order valence-corrected chi connectivity index (χ0v) is 18.1. The standard InChI is InChI=1S/C22H24N6O2S/c1-2-30-16-6-7-17-18(13-16)31-22(23-17)24-20(29)14-27-11-8-15(9-12-27)21-26-25-19-5-3-4-10-28(19)21/h3-7,10,13,15H,2,8-9,11-12,14H2,1H3,(H,23,24,29). The van der Waals surface area contributed by atoms with Crippen LogP contribution >= 0.6 is 11.3 Å². The number of benzene rings is 1. The maximum atomic E-state index is 12.6. The van der Waals surface area contributed by atoms with Gasteiger partial charge < -0.3 is 10.1 Å². The number of hydrogen-bond donors (Lipinski definition) is 1. The van der Waals surface area contributed by atoms with Gasteiger partial charge in [-0.3, -0.25) is 14.1 Å². The van der Waals surface area contributed by atoms with Crippen LogP contribution in [0.25, 0.3) is 15.9 Å². The highest BCUT2D eigenvalue weighted by atomic mass is 32.1. The number of ether oxygens (including phenoxy) is 1. The fourth-order valence-corrected chi connectivity index (χ4v) is 4.97. The molecule has 1 saturated heterocycles. The zero-order valence-electron chi connectivity index (χ0n) is 17.3. The van der Waals surface area contributed by atoms with Crippen molar-refractivity contribution in [3.63, 3.8) is 0 Å². The molecule has 4 heterocycles. The highest BCUT2D eigenvalue weighted by molar-refractivity contribution is 7.22. The Labute approximate surface area is 183 Å².